The predicted octanol–water partition coefficient (Wildman–Crippen LogP) is 5.49. The number of hydrogen-bond acceptors (Lipinski definition) is 2. The molecular formula is C20H23ClN2OS. The topological polar surface area (TPSA) is 33.3 Å². The third-order valence-electron chi connectivity index (χ3n) is 4.61. The first kappa shape index (κ1) is 18.0. The Hall–Kier alpha value is -1.78. The van der Waals surface area contributed by atoms with Crippen molar-refractivity contribution in [1.82, 2.24) is 5.32 Å². The first-order chi connectivity index (χ1) is 12.1. The molecule has 0 atom stereocenters. The molecule has 0 radical (unpaired) electrons. The molecule has 1 fully saturated rings. The number of benzene rings is 2. The summed E-state index contributed by atoms with van der Waals surface area (Å²) in [5.74, 6) is 0.902. The highest BCUT2D eigenvalue weighted by molar-refractivity contribution is 7.80. The van der Waals surface area contributed by atoms with Gasteiger partial charge in [-0.25, -0.2) is 0 Å². The van der Waals surface area contributed by atoms with Gasteiger partial charge in [0.25, 0.3) is 0 Å². The summed E-state index contributed by atoms with van der Waals surface area (Å²) in [6.45, 7) is 2.67. The molecule has 1 aliphatic carbocycles. The Kier molecular flexibility index (Phi) is 5.82. The fourth-order valence-corrected chi connectivity index (χ4v) is 3.95. The lowest BCUT2D eigenvalue weighted by Gasteiger charge is -2.32. The number of halogens is 1. The number of hydrogen-bond donors (Lipinski definition) is 2. The van der Waals surface area contributed by atoms with Crippen LogP contribution in [0.5, 0.6) is 5.75 Å². The Morgan fingerprint density at radius 2 is 1.88 bits per heavy atom. The maximum absolute atomic E-state index is 6.05. The van der Waals surface area contributed by atoms with Gasteiger partial charge in [0.05, 0.1) is 12.1 Å². The van der Waals surface area contributed by atoms with Crippen LogP contribution in [0.2, 0.25) is 5.02 Å². The van der Waals surface area contributed by atoms with Crippen LogP contribution in [0.4, 0.5) is 5.69 Å². The molecule has 0 saturated heterocycles. The van der Waals surface area contributed by atoms with E-state index in [4.69, 9.17) is 28.6 Å². The molecule has 2 aromatic carbocycles. The van der Waals surface area contributed by atoms with Crippen LogP contribution >= 0.6 is 23.8 Å². The van der Waals surface area contributed by atoms with Gasteiger partial charge in [0.1, 0.15) is 5.75 Å². The van der Waals surface area contributed by atoms with E-state index in [9.17, 15) is 0 Å². The van der Waals surface area contributed by atoms with Crippen LogP contribution in [0.15, 0.2) is 48.5 Å². The van der Waals surface area contributed by atoms with Gasteiger partial charge in [0.2, 0.25) is 0 Å². The van der Waals surface area contributed by atoms with E-state index < -0.39 is 0 Å². The maximum Gasteiger partial charge on any atom is 0.171 e. The van der Waals surface area contributed by atoms with Gasteiger partial charge in [-0.2, -0.15) is 0 Å². The van der Waals surface area contributed by atoms with E-state index in [1.807, 2.05) is 43.3 Å². The predicted molar refractivity (Wildman–Crippen MR) is 109 cm³/mol. The quantitative estimate of drug-likeness (QED) is 0.677. The van der Waals surface area contributed by atoms with E-state index in [1.54, 1.807) is 0 Å². The number of anilines is 1. The summed E-state index contributed by atoms with van der Waals surface area (Å²) in [6, 6.07) is 15.9. The molecule has 0 heterocycles. The van der Waals surface area contributed by atoms with Gasteiger partial charge < -0.3 is 15.4 Å². The molecule has 0 aromatic heterocycles. The molecule has 0 amide bonds. The zero-order valence-electron chi connectivity index (χ0n) is 14.3. The van der Waals surface area contributed by atoms with E-state index in [1.165, 1.54) is 18.4 Å². The highest BCUT2D eigenvalue weighted by atomic mass is 35.5. The molecule has 1 aliphatic rings. The summed E-state index contributed by atoms with van der Waals surface area (Å²) in [4.78, 5) is 0. The molecule has 0 spiro atoms. The first-order valence-corrected chi connectivity index (χ1v) is 9.48. The van der Waals surface area contributed by atoms with Crippen LogP contribution in [-0.2, 0) is 5.54 Å². The van der Waals surface area contributed by atoms with Crippen LogP contribution in [0.1, 0.15) is 38.2 Å². The summed E-state index contributed by atoms with van der Waals surface area (Å²) < 4.78 is 5.56. The minimum absolute atomic E-state index is 0.118. The zero-order valence-corrected chi connectivity index (χ0v) is 15.9. The lowest BCUT2D eigenvalue weighted by Crippen LogP contribution is -2.45. The van der Waals surface area contributed by atoms with E-state index >= 15 is 0 Å². The summed E-state index contributed by atoms with van der Waals surface area (Å²) in [5, 5.41) is 8.12. The highest BCUT2D eigenvalue weighted by Crippen LogP contribution is 2.39. The van der Waals surface area contributed by atoms with Gasteiger partial charge in [0.15, 0.2) is 5.11 Å². The van der Waals surface area contributed by atoms with Crippen molar-refractivity contribution in [1.29, 1.82) is 0 Å². The van der Waals surface area contributed by atoms with Gasteiger partial charge >= 0.3 is 0 Å². The van der Waals surface area contributed by atoms with Crippen LogP contribution in [-0.4, -0.2) is 11.7 Å². The molecule has 0 bridgehead atoms. The third-order valence-corrected chi connectivity index (χ3v) is 5.05. The average molecular weight is 375 g/mol. The van der Waals surface area contributed by atoms with E-state index in [2.05, 4.69) is 22.8 Å². The van der Waals surface area contributed by atoms with Crippen molar-refractivity contribution < 1.29 is 4.74 Å². The monoisotopic (exact) mass is 374 g/mol. The second kappa shape index (κ2) is 8.07. The highest BCUT2D eigenvalue weighted by Gasteiger charge is 2.36. The summed E-state index contributed by atoms with van der Waals surface area (Å²) >= 11 is 11.6. The standard InChI is InChI=1S/C20H23ClN2OS/c1-2-24-18-10-8-15(9-11-18)20(12-3-4-13-20)23-19(25)22-17-7-5-6-16(21)14-17/h5-11,14H,2-4,12-13H2,1H3,(H2,22,23,25). The van der Waals surface area contributed by atoms with Gasteiger partial charge in [-0.15, -0.1) is 0 Å². The Labute approximate surface area is 159 Å². The van der Waals surface area contributed by atoms with Gasteiger partial charge in [-0.05, 0) is 67.9 Å². The molecule has 0 unspecified atom stereocenters. The molecule has 132 valence electrons. The van der Waals surface area contributed by atoms with E-state index in [-0.39, 0.29) is 5.54 Å². The lowest BCUT2D eigenvalue weighted by atomic mass is 9.88. The first-order valence-electron chi connectivity index (χ1n) is 8.69. The zero-order chi connectivity index (χ0) is 17.7. The maximum atomic E-state index is 6.05. The summed E-state index contributed by atoms with van der Waals surface area (Å²) in [5.41, 5.74) is 2.03. The normalized spacial score (nSPS) is 15.6. The van der Waals surface area contributed by atoms with Crippen LogP contribution in [0.25, 0.3) is 0 Å². The lowest BCUT2D eigenvalue weighted by molar-refractivity contribution is 0.339. The Morgan fingerprint density at radius 3 is 2.52 bits per heavy atom. The summed E-state index contributed by atoms with van der Waals surface area (Å²) in [6.07, 6.45) is 4.52. The van der Waals surface area contributed by atoms with E-state index in [0.29, 0.717) is 16.7 Å². The van der Waals surface area contributed by atoms with Crippen LogP contribution in [0.3, 0.4) is 0 Å². The number of ether oxygens (including phenoxy) is 1. The van der Waals surface area contributed by atoms with Gasteiger partial charge in [0, 0.05) is 10.7 Å². The minimum atomic E-state index is -0.118. The fourth-order valence-electron chi connectivity index (χ4n) is 3.45. The second-order valence-corrected chi connectivity index (χ2v) is 7.18. The Balaban J connectivity index is 1.74. The third kappa shape index (κ3) is 4.44. The van der Waals surface area contributed by atoms with Gasteiger partial charge in [-0.3, -0.25) is 0 Å². The largest absolute Gasteiger partial charge is 0.494 e. The molecule has 3 rings (SSSR count). The SMILES string of the molecule is CCOc1ccc(C2(NC(=S)Nc3cccc(Cl)c3)CCCC2)cc1. The minimum Gasteiger partial charge on any atom is -0.494 e. The van der Waals surface area contributed by atoms with Crippen molar-refractivity contribution in [2.24, 2.45) is 0 Å². The van der Waals surface area contributed by atoms with Crippen molar-refractivity contribution in [2.75, 3.05) is 11.9 Å². The Morgan fingerprint density at radius 1 is 1.16 bits per heavy atom. The summed E-state index contributed by atoms with van der Waals surface area (Å²) in [7, 11) is 0. The van der Waals surface area contributed by atoms with Crippen molar-refractivity contribution in [3.8, 4) is 5.75 Å². The van der Waals surface area contributed by atoms with Crippen LogP contribution in [0, 0.1) is 0 Å². The fraction of sp³-hybridized carbons (Fsp3) is 0.350. The van der Waals surface area contributed by atoms with Crippen molar-refractivity contribution in [3.05, 3.63) is 59.1 Å². The molecule has 2 N–H and O–H groups in total. The number of thiocarbonyl (C=S) groups is 1. The molecule has 3 nitrogen and oxygen atoms in total. The van der Waals surface area contributed by atoms with Crippen molar-refractivity contribution in [3.63, 3.8) is 0 Å². The molecule has 5 heteroatoms. The molecular weight excluding hydrogens is 352 g/mol. The second-order valence-electron chi connectivity index (χ2n) is 6.34. The van der Waals surface area contributed by atoms with Crippen molar-refractivity contribution in [2.45, 2.75) is 38.1 Å². The van der Waals surface area contributed by atoms with E-state index in [0.717, 1.165) is 24.3 Å². The number of rotatable bonds is 5. The molecule has 1 saturated carbocycles. The smallest absolute Gasteiger partial charge is 0.171 e. The Bertz CT molecular complexity index is 727. The average Bonchev–Trinajstić information content (AvgIpc) is 3.05. The van der Waals surface area contributed by atoms with Gasteiger partial charge in [-0.1, -0.05) is 42.6 Å². The van der Waals surface area contributed by atoms with Crippen molar-refractivity contribution >= 4 is 34.6 Å². The molecule has 2 aromatic rings. The van der Waals surface area contributed by atoms with Crippen LogP contribution < -0.4 is 15.4 Å². The molecule has 0 aliphatic heterocycles. The number of nitrogens with one attached hydrogen (secondary N) is 2. The molecule has 25 heavy (non-hydrogen) atoms.